The summed E-state index contributed by atoms with van der Waals surface area (Å²) in [4.78, 5) is 48.2. The number of esters is 1. The Morgan fingerprint density at radius 1 is 1.14 bits per heavy atom. The van der Waals surface area contributed by atoms with Crippen LogP contribution in [0.3, 0.4) is 0 Å². The lowest BCUT2D eigenvalue weighted by atomic mass is 10.1. The average molecular weight is 398 g/mol. The third-order valence-corrected chi connectivity index (χ3v) is 5.01. The zero-order valence-corrected chi connectivity index (χ0v) is 17.4. The van der Waals surface area contributed by atoms with Crippen molar-refractivity contribution in [2.45, 2.75) is 64.8 Å². The predicted molar refractivity (Wildman–Crippen MR) is 105 cm³/mol. The summed E-state index contributed by atoms with van der Waals surface area (Å²) in [6, 6.07) is -0.167. The van der Waals surface area contributed by atoms with E-state index < -0.39 is 5.97 Å². The molecule has 0 aromatic rings. The highest BCUT2D eigenvalue weighted by atomic mass is 16.5. The van der Waals surface area contributed by atoms with E-state index in [2.05, 4.69) is 23.9 Å². The smallest absolute Gasteiger partial charge is 0.325 e. The molecular weight excluding hydrogens is 362 g/mol. The number of rotatable bonds is 8. The van der Waals surface area contributed by atoms with Crippen LogP contribution in [-0.4, -0.2) is 73.3 Å². The number of methoxy groups -OCH3 is 1. The van der Waals surface area contributed by atoms with Gasteiger partial charge in [0.1, 0.15) is 12.6 Å². The van der Waals surface area contributed by atoms with Gasteiger partial charge in [-0.2, -0.15) is 0 Å². The minimum Gasteiger partial charge on any atom is -0.468 e. The van der Waals surface area contributed by atoms with Crippen molar-refractivity contribution in [3.8, 4) is 0 Å². The second kappa shape index (κ2) is 13.1. The van der Waals surface area contributed by atoms with E-state index in [1.54, 1.807) is 0 Å². The fourth-order valence-corrected chi connectivity index (χ4v) is 3.47. The lowest BCUT2D eigenvalue weighted by Gasteiger charge is -2.28. The monoisotopic (exact) mass is 397 g/mol. The van der Waals surface area contributed by atoms with E-state index in [1.165, 1.54) is 7.11 Å². The molecule has 8 nitrogen and oxygen atoms in total. The molecule has 2 heterocycles. The number of ether oxygens (including phenoxy) is 1. The zero-order chi connectivity index (χ0) is 20.9. The number of hydrogen-bond donors (Lipinski definition) is 1. The maximum absolute atomic E-state index is 12.5. The third-order valence-electron chi connectivity index (χ3n) is 5.01. The summed E-state index contributed by atoms with van der Waals surface area (Å²) in [5.74, 6) is 0.568. The van der Waals surface area contributed by atoms with Gasteiger partial charge in [-0.1, -0.05) is 20.3 Å². The first-order valence-corrected chi connectivity index (χ1v) is 10.2. The van der Waals surface area contributed by atoms with Gasteiger partial charge in [0.25, 0.3) is 0 Å². The molecule has 160 valence electrons. The highest BCUT2D eigenvalue weighted by molar-refractivity contribution is 5.88. The Labute approximate surface area is 167 Å². The van der Waals surface area contributed by atoms with Gasteiger partial charge in [-0.3, -0.25) is 19.2 Å². The van der Waals surface area contributed by atoms with Crippen molar-refractivity contribution in [2.24, 2.45) is 5.92 Å². The molecule has 1 atom stereocenters. The van der Waals surface area contributed by atoms with Crippen molar-refractivity contribution in [1.29, 1.82) is 0 Å². The highest BCUT2D eigenvalue weighted by Gasteiger charge is 2.36. The summed E-state index contributed by atoms with van der Waals surface area (Å²) in [5.41, 5.74) is 0. The van der Waals surface area contributed by atoms with Gasteiger partial charge >= 0.3 is 5.97 Å². The van der Waals surface area contributed by atoms with Crippen LogP contribution < -0.4 is 5.32 Å². The first-order chi connectivity index (χ1) is 13.4. The summed E-state index contributed by atoms with van der Waals surface area (Å²) < 4.78 is 4.19. The first-order valence-electron chi connectivity index (χ1n) is 10.2. The van der Waals surface area contributed by atoms with Crippen molar-refractivity contribution < 1.29 is 23.9 Å². The van der Waals surface area contributed by atoms with Crippen LogP contribution in [0.15, 0.2) is 0 Å². The molecule has 1 N–H and O–H groups in total. The van der Waals surface area contributed by atoms with Gasteiger partial charge < -0.3 is 19.9 Å². The first kappa shape index (κ1) is 23.9. The van der Waals surface area contributed by atoms with Gasteiger partial charge in [-0.25, -0.2) is 0 Å². The minimum atomic E-state index is -0.447. The van der Waals surface area contributed by atoms with E-state index in [9.17, 15) is 19.2 Å². The topological polar surface area (TPSA) is 96.0 Å². The molecule has 0 aliphatic carbocycles. The fraction of sp³-hybridized carbons (Fsp3) is 0.800. The molecule has 2 rings (SSSR count). The number of likely N-dealkylation sites (tertiary alicyclic amines) is 2. The predicted octanol–water partition coefficient (Wildman–Crippen LogP) is 1.33. The standard InChI is InChI=1S/C16H28N2O2.C4H7NO3/c1-13(2)7-5-9-15(19)18-12-6-8-14(18)16(20)17-10-3-4-11-17;1-8-4(7)2-5-3-6/h13-14H,3-12H2,1-2H3;3H,2H2,1H3,(H,5,6). The molecule has 3 amide bonds. The van der Waals surface area contributed by atoms with Crippen molar-refractivity contribution in [3.05, 3.63) is 0 Å². The van der Waals surface area contributed by atoms with E-state index >= 15 is 0 Å². The Bertz CT molecular complexity index is 518. The molecule has 2 aliphatic heterocycles. The molecule has 0 aromatic carbocycles. The molecule has 0 spiro atoms. The summed E-state index contributed by atoms with van der Waals surface area (Å²) >= 11 is 0. The molecule has 0 bridgehead atoms. The van der Waals surface area contributed by atoms with E-state index in [0.717, 1.165) is 58.2 Å². The summed E-state index contributed by atoms with van der Waals surface area (Å²) in [6.45, 7) is 6.83. The van der Waals surface area contributed by atoms with E-state index in [4.69, 9.17) is 0 Å². The molecule has 0 radical (unpaired) electrons. The van der Waals surface area contributed by atoms with E-state index in [-0.39, 0.29) is 24.4 Å². The van der Waals surface area contributed by atoms with Crippen LogP contribution in [0.4, 0.5) is 0 Å². The van der Waals surface area contributed by atoms with Crippen molar-refractivity contribution in [2.75, 3.05) is 33.3 Å². The Kier molecular flexibility index (Phi) is 11.2. The van der Waals surface area contributed by atoms with Crippen LogP contribution in [0.25, 0.3) is 0 Å². The summed E-state index contributed by atoms with van der Waals surface area (Å²) in [5, 5.41) is 2.14. The Morgan fingerprint density at radius 2 is 1.82 bits per heavy atom. The number of nitrogens with zero attached hydrogens (tertiary/aromatic N) is 2. The van der Waals surface area contributed by atoms with Gasteiger partial charge in [-0.15, -0.1) is 0 Å². The largest absolute Gasteiger partial charge is 0.468 e. The van der Waals surface area contributed by atoms with Gasteiger partial charge in [-0.05, 0) is 38.0 Å². The molecule has 2 fully saturated rings. The zero-order valence-electron chi connectivity index (χ0n) is 17.4. The van der Waals surface area contributed by atoms with Crippen LogP contribution in [0, 0.1) is 5.92 Å². The molecule has 1 unspecified atom stereocenters. The van der Waals surface area contributed by atoms with Crippen LogP contribution in [0.1, 0.15) is 58.8 Å². The number of carbonyl (C=O) groups is 4. The molecule has 8 heteroatoms. The maximum atomic E-state index is 12.5. The quantitative estimate of drug-likeness (QED) is 0.492. The molecule has 0 saturated carbocycles. The van der Waals surface area contributed by atoms with E-state index in [0.29, 0.717) is 18.7 Å². The van der Waals surface area contributed by atoms with Gasteiger partial charge in [0.05, 0.1) is 7.11 Å². The molecular formula is C20H35N3O5. The highest BCUT2D eigenvalue weighted by Crippen LogP contribution is 2.23. The van der Waals surface area contributed by atoms with E-state index in [1.807, 2.05) is 9.80 Å². The lowest BCUT2D eigenvalue weighted by Crippen LogP contribution is -2.46. The molecule has 28 heavy (non-hydrogen) atoms. The van der Waals surface area contributed by atoms with Crippen molar-refractivity contribution in [1.82, 2.24) is 15.1 Å². The normalized spacial score (nSPS) is 18.5. The van der Waals surface area contributed by atoms with Crippen molar-refractivity contribution >= 4 is 24.2 Å². The number of amides is 3. The van der Waals surface area contributed by atoms with Gasteiger partial charge in [0.2, 0.25) is 18.2 Å². The number of hydrogen-bond acceptors (Lipinski definition) is 5. The van der Waals surface area contributed by atoms with Gasteiger partial charge in [0, 0.05) is 26.1 Å². The maximum Gasteiger partial charge on any atom is 0.325 e. The number of carbonyl (C=O) groups excluding carboxylic acids is 4. The van der Waals surface area contributed by atoms with Crippen LogP contribution in [0.5, 0.6) is 0 Å². The third kappa shape index (κ3) is 8.27. The second-order valence-electron chi connectivity index (χ2n) is 7.64. The number of nitrogens with one attached hydrogen (secondary N) is 1. The molecule has 2 aliphatic rings. The Morgan fingerprint density at radius 3 is 2.39 bits per heavy atom. The summed E-state index contributed by atoms with van der Waals surface area (Å²) in [6.07, 6.45) is 7.12. The van der Waals surface area contributed by atoms with Crippen LogP contribution in [-0.2, 0) is 23.9 Å². The van der Waals surface area contributed by atoms with Crippen molar-refractivity contribution in [3.63, 3.8) is 0 Å². The van der Waals surface area contributed by atoms with Crippen LogP contribution >= 0.6 is 0 Å². The fourth-order valence-electron chi connectivity index (χ4n) is 3.47. The lowest BCUT2D eigenvalue weighted by molar-refractivity contribution is -0.143. The van der Waals surface area contributed by atoms with Gasteiger partial charge in [0.15, 0.2) is 0 Å². The minimum absolute atomic E-state index is 0.0556. The Balaban J connectivity index is 0.000000416. The summed E-state index contributed by atoms with van der Waals surface area (Å²) in [7, 11) is 1.26. The average Bonchev–Trinajstić information content (AvgIpc) is 3.37. The second-order valence-corrected chi connectivity index (χ2v) is 7.64. The molecule has 2 saturated heterocycles. The molecule has 0 aromatic heterocycles. The van der Waals surface area contributed by atoms with Crippen LogP contribution in [0.2, 0.25) is 0 Å². The Hall–Kier alpha value is -2.12. The SMILES string of the molecule is CC(C)CCCC(=O)N1CCCC1C(=O)N1CCCC1.COC(=O)CNC=O.